The molecule has 0 amide bonds. The molecule has 0 saturated carbocycles. The molecule has 0 bridgehead atoms. The summed E-state index contributed by atoms with van der Waals surface area (Å²) in [5, 5.41) is 6.01. The van der Waals surface area contributed by atoms with Gasteiger partial charge in [0.2, 0.25) is 5.69 Å². The average Bonchev–Trinajstić information content (AvgIpc) is 2.74. The Morgan fingerprint density at radius 1 is 0.800 bits per heavy atom. The van der Waals surface area contributed by atoms with Gasteiger partial charge in [-0.05, 0) is 54.6 Å². The van der Waals surface area contributed by atoms with E-state index in [1.165, 1.54) is 28.0 Å². The standard InChI is InChI=1S/C27H21FNO/c1-14-8-9-17-16(3)27-24(15(2)20(17)12-14)26-25-19(10-11-29(26)4)18-6-5-7-22(28)21(18)13-23(25)30-27/h5-13H,1-4H3/q+1. The fraction of sp³-hybridized carbons (Fsp3) is 0.148. The van der Waals surface area contributed by atoms with E-state index in [4.69, 9.17) is 4.74 Å². The second kappa shape index (κ2) is 5.79. The van der Waals surface area contributed by atoms with Gasteiger partial charge in [-0.15, -0.1) is 0 Å². The van der Waals surface area contributed by atoms with Crippen LogP contribution >= 0.6 is 0 Å². The molecule has 0 fully saturated rings. The zero-order chi connectivity index (χ0) is 20.7. The second-order valence-corrected chi connectivity index (χ2v) is 8.38. The Kier molecular flexibility index (Phi) is 3.36. The van der Waals surface area contributed by atoms with Crippen LogP contribution in [0.5, 0.6) is 11.5 Å². The number of hydrogen-bond acceptors (Lipinski definition) is 1. The van der Waals surface area contributed by atoms with Gasteiger partial charge >= 0.3 is 0 Å². The molecule has 0 radical (unpaired) electrons. The van der Waals surface area contributed by atoms with Crippen molar-refractivity contribution in [2.24, 2.45) is 7.05 Å². The van der Waals surface area contributed by atoms with E-state index in [2.05, 4.69) is 62.8 Å². The van der Waals surface area contributed by atoms with Crippen LogP contribution in [0.2, 0.25) is 0 Å². The molecule has 0 N–H and O–H groups in total. The number of rotatable bonds is 0. The number of aryl methyl sites for hydroxylation is 4. The van der Waals surface area contributed by atoms with Gasteiger partial charge in [-0.3, -0.25) is 0 Å². The third-order valence-corrected chi connectivity index (χ3v) is 6.56. The lowest BCUT2D eigenvalue weighted by molar-refractivity contribution is -0.659. The van der Waals surface area contributed by atoms with Crippen LogP contribution in [0.3, 0.4) is 0 Å². The van der Waals surface area contributed by atoms with Gasteiger partial charge < -0.3 is 4.74 Å². The summed E-state index contributed by atoms with van der Waals surface area (Å²) in [5.74, 6) is 1.36. The zero-order valence-corrected chi connectivity index (χ0v) is 17.4. The van der Waals surface area contributed by atoms with Crippen molar-refractivity contribution in [1.29, 1.82) is 0 Å². The SMILES string of the molecule is Cc1ccc2c(C)c3c(c(C)c2c1)-c1c2c(cc4c(F)cccc4c2cc[n+]1C)O3. The maximum Gasteiger partial charge on any atom is 0.228 e. The van der Waals surface area contributed by atoms with Crippen molar-refractivity contribution < 1.29 is 13.7 Å². The van der Waals surface area contributed by atoms with Crippen molar-refractivity contribution in [1.82, 2.24) is 0 Å². The molecule has 0 saturated heterocycles. The van der Waals surface area contributed by atoms with Crippen LogP contribution < -0.4 is 9.30 Å². The van der Waals surface area contributed by atoms with E-state index in [-0.39, 0.29) is 5.82 Å². The summed E-state index contributed by atoms with van der Waals surface area (Å²) in [6.07, 6.45) is 2.07. The van der Waals surface area contributed by atoms with E-state index in [0.717, 1.165) is 44.5 Å². The molecule has 30 heavy (non-hydrogen) atoms. The van der Waals surface area contributed by atoms with Crippen molar-refractivity contribution in [3.05, 3.63) is 77.2 Å². The number of fused-ring (bicyclic) bond motifs is 5. The molecular formula is C27H21FNO+. The highest BCUT2D eigenvalue weighted by Gasteiger charge is 2.32. The summed E-state index contributed by atoms with van der Waals surface area (Å²) in [6.45, 7) is 6.41. The molecule has 0 spiro atoms. The Morgan fingerprint density at radius 2 is 1.63 bits per heavy atom. The van der Waals surface area contributed by atoms with Crippen molar-refractivity contribution in [2.75, 3.05) is 0 Å². The van der Waals surface area contributed by atoms with Crippen LogP contribution in [-0.4, -0.2) is 0 Å². The average molecular weight is 394 g/mol. The van der Waals surface area contributed by atoms with Gasteiger partial charge in [0, 0.05) is 22.4 Å². The lowest BCUT2D eigenvalue weighted by Crippen LogP contribution is -2.32. The van der Waals surface area contributed by atoms with Crippen LogP contribution in [0, 0.1) is 26.6 Å². The maximum atomic E-state index is 14.7. The summed E-state index contributed by atoms with van der Waals surface area (Å²) in [5.41, 5.74) is 5.82. The van der Waals surface area contributed by atoms with Crippen molar-refractivity contribution in [3.8, 4) is 22.8 Å². The molecule has 146 valence electrons. The van der Waals surface area contributed by atoms with E-state index < -0.39 is 0 Å². The molecular weight excluding hydrogens is 373 g/mol. The van der Waals surface area contributed by atoms with E-state index in [1.54, 1.807) is 6.07 Å². The molecule has 1 aliphatic heterocycles. The summed E-state index contributed by atoms with van der Waals surface area (Å²) in [4.78, 5) is 0. The first-order valence-corrected chi connectivity index (χ1v) is 10.2. The van der Waals surface area contributed by atoms with Gasteiger partial charge in [0.25, 0.3) is 0 Å². The number of hydrogen-bond donors (Lipinski definition) is 0. The predicted octanol–water partition coefficient (Wildman–Crippen LogP) is 6.81. The smallest absolute Gasteiger partial charge is 0.228 e. The first kappa shape index (κ1) is 17.4. The molecule has 2 nitrogen and oxygen atoms in total. The number of nitrogens with zero attached hydrogens (tertiary/aromatic N) is 1. The molecule has 0 atom stereocenters. The maximum absolute atomic E-state index is 14.7. The summed E-state index contributed by atoms with van der Waals surface area (Å²) < 4.78 is 23.3. The Morgan fingerprint density at radius 3 is 2.47 bits per heavy atom. The van der Waals surface area contributed by atoms with E-state index >= 15 is 0 Å². The van der Waals surface area contributed by atoms with E-state index in [9.17, 15) is 4.39 Å². The molecule has 2 heterocycles. The summed E-state index contributed by atoms with van der Waals surface area (Å²) >= 11 is 0. The number of halogens is 1. The number of pyridine rings is 1. The first-order valence-electron chi connectivity index (χ1n) is 10.2. The van der Waals surface area contributed by atoms with E-state index in [1.807, 2.05) is 12.1 Å². The first-order chi connectivity index (χ1) is 14.5. The lowest BCUT2D eigenvalue weighted by Gasteiger charge is -2.24. The van der Waals surface area contributed by atoms with Crippen LogP contribution in [0.15, 0.2) is 54.7 Å². The highest BCUT2D eigenvalue weighted by Crippen LogP contribution is 2.51. The van der Waals surface area contributed by atoms with Crippen molar-refractivity contribution >= 4 is 32.3 Å². The van der Waals surface area contributed by atoms with Gasteiger partial charge in [-0.2, -0.15) is 0 Å². The van der Waals surface area contributed by atoms with Crippen LogP contribution in [-0.2, 0) is 7.05 Å². The Labute approximate surface area is 174 Å². The molecule has 6 rings (SSSR count). The molecule has 0 unspecified atom stereocenters. The minimum absolute atomic E-state index is 0.225. The number of benzene rings is 4. The van der Waals surface area contributed by atoms with Crippen molar-refractivity contribution in [2.45, 2.75) is 20.8 Å². The van der Waals surface area contributed by atoms with Gasteiger partial charge in [-0.25, -0.2) is 8.96 Å². The predicted molar refractivity (Wildman–Crippen MR) is 120 cm³/mol. The molecule has 1 aromatic heterocycles. The van der Waals surface area contributed by atoms with Crippen LogP contribution in [0.4, 0.5) is 4.39 Å². The molecule has 4 aromatic carbocycles. The fourth-order valence-corrected chi connectivity index (χ4v) is 5.06. The summed E-state index contributed by atoms with van der Waals surface area (Å²) in [6, 6.07) is 15.7. The Balaban J connectivity index is 1.86. The quantitative estimate of drug-likeness (QED) is 0.204. The lowest BCUT2D eigenvalue weighted by atomic mass is 9.88. The molecule has 3 heteroatoms. The largest absolute Gasteiger partial charge is 0.455 e. The highest BCUT2D eigenvalue weighted by atomic mass is 19.1. The fourth-order valence-electron chi connectivity index (χ4n) is 5.06. The third-order valence-electron chi connectivity index (χ3n) is 6.56. The second-order valence-electron chi connectivity index (χ2n) is 8.38. The summed E-state index contributed by atoms with van der Waals surface area (Å²) in [7, 11) is 2.07. The number of ether oxygens (including phenoxy) is 1. The topological polar surface area (TPSA) is 13.1 Å². The minimum Gasteiger partial charge on any atom is -0.455 e. The van der Waals surface area contributed by atoms with E-state index in [0.29, 0.717) is 5.39 Å². The third kappa shape index (κ3) is 2.10. The van der Waals surface area contributed by atoms with Gasteiger partial charge in [0.05, 0.1) is 10.9 Å². The highest BCUT2D eigenvalue weighted by molar-refractivity contribution is 6.16. The van der Waals surface area contributed by atoms with Gasteiger partial charge in [-0.1, -0.05) is 35.9 Å². The van der Waals surface area contributed by atoms with Gasteiger partial charge in [0.1, 0.15) is 24.4 Å². The molecule has 1 aliphatic rings. The van der Waals surface area contributed by atoms with Crippen LogP contribution in [0.1, 0.15) is 16.7 Å². The van der Waals surface area contributed by atoms with Crippen molar-refractivity contribution in [3.63, 3.8) is 0 Å². The molecule has 5 aromatic rings. The minimum atomic E-state index is -0.225. The normalized spacial score (nSPS) is 12.4. The Bertz CT molecular complexity index is 1570. The van der Waals surface area contributed by atoms with Crippen LogP contribution in [0.25, 0.3) is 43.6 Å². The monoisotopic (exact) mass is 394 g/mol. The molecule has 0 aliphatic carbocycles. The zero-order valence-electron chi connectivity index (χ0n) is 17.4. The Hall–Kier alpha value is -3.46. The van der Waals surface area contributed by atoms with Gasteiger partial charge in [0.15, 0.2) is 6.20 Å². The number of aromatic nitrogens is 1.